The molecule has 0 radical (unpaired) electrons. The Morgan fingerprint density at radius 3 is 1.55 bits per heavy atom. The van der Waals surface area contributed by atoms with Crippen molar-refractivity contribution in [1.82, 2.24) is 0 Å². The third-order valence-electron chi connectivity index (χ3n) is 12.6. The van der Waals surface area contributed by atoms with Gasteiger partial charge in [-0.05, 0) is 135 Å². The first kappa shape index (κ1) is 31.4. The van der Waals surface area contributed by atoms with Crippen LogP contribution in [0.1, 0.15) is 25.0 Å². The summed E-state index contributed by atoms with van der Waals surface area (Å²) in [4.78, 5) is 0. The molecule has 11 aromatic rings. The van der Waals surface area contributed by atoms with E-state index in [1.807, 2.05) is 0 Å². The predicted molar refractivity (Wildman–Crippen MR) is 238 cm³/mol. The second-order valence-corrected chi connectivity index (χ2v) is 16.0. The summed E-state index contributed by atoms with van der Waals surface area (Å²) in [5.74, 6) is 0. The fourth-order valence-corrected chi connectivity index (χ4v) is 9.89. The molecular formula is C55H36O. The SMILES string of the molecule is CC1(C)c2cc3oc4cc(-c5c6ccccc6c(-c6ccc7cc(-c8ccccc8)ccc7c6)c6ccccc56)ccc4c3cc2-c2c1ccc1ccccc21. The third-order valence-corrected chi connectivity index (χ3v) is 12.6. The molecule has 1 aliphatic carbocycles. The molecule has 1 heterocycles. The Bertz CT molecular complexity index is 3380. The minimum atomic E-state index is -0.122. The van der Waals surface area contributed by atoms with Gasteiger partial charge in [0, 0.05) is 16.2 Å². The van der Waals surface area contributed by atoms with Crippen LogP contribution in [0.3, 0.4) is 0 Å². The van der Waals surface area contributed by atoms with Gasteiger partial charge in [-0.3, -0.25) is 0 Å². The van der Waals surface area contributed by atoms with Crippen LogP contribution >= 0.6 is 0 Å². The number of hydrogen-bond acceptors (Lipinski definition) is 1. The molecule has 0 saturated carbocycles. The van der Waals surface area contributed by atoms with Crippen LogP contribution in [-0.2, 0) is 5.41 Å². The lowest BCUT2D eigenvalue weighted by Crippen LogP contribution is -2.14. The van der Waals surface area contributed by atoms with Gasteiger partial charge >= 0.3 is 0 Å². The van der Waals surface area contributed by atoms with Gasteiger partial charge in [-0.25, -0.2) is 0 Å². The summed E-state index contributed by atoms with van der Waals surface area (Å²) in [6.07, 6.45) is 0. The van der Waals surface area contributed by atoms with Crippen LogP contribution in [0.2, 0.25) is 0 Å². The van der Waals surface area contributed by atoms with Crippen molar-refractivity contribution in [1.29, 1.82) is 0 Å². The molecule has 0 spiro atoms. The van der Waals surface area contributed by atoms with Gasteiger partial charge in [0.1, 0.15) is 11.2 Å². The van der Waals surface area contributed by atoms with Crippen molar-refractivity contribution in [2.24, 2.45) is 0 Å². The highest BCUT2D eigenvalue weighted by atomic mass is 16.3. The van der Waals surface area contributed by atoms with E-state index in [0.29, 0.717) is 0 Å². The Morgan fingerprint density at radius 1 is 0.321 bits per heavy atom. The first-order chi connectivity index (χ1) is 27.5. The predicted octanol–water partition coefficient (Wildman–Crippen LogP) is 15.5. The quantitative estimate of drug-likeness (QED) is 0.166. The number of furan rings is 1. The average molecular weight is 713 g/mol. The summed E-state index contributed by atoms with van der Waals surface area (Å²) in [6.45, 7) is 4.69. The Morgan fingerprint density at radius 2 is 0.857 bits per heavy atom. The van der Waals surface area contributed by atoms with E-state index in [1.165, 1.54) is 98.5 Å². The number of rotatable bonds is 3. The molecule has 0 bridgehead atoms. The van der Waals surface area contributed by atoms with E-state index in [1.54, 1.807) is 0 Å². The summed E-state index contributed by atoms with van der Waals surface area (Å²) < 4.78 is 6.81. The van der Waals surface area contributed by atoms with Gasteiger partial charge in [-0.1, -0.05) is 159 Å². The monoisotopic (exact) mass is 712 g/mol. The first-order valence-corrected chi connectivity index (χ1v) is 19.6. The van der Waals surface area contributed by atoms with E-state index >= 15 is 0 Å². The molecule has 0 atom stereocenters. The lowest BCUT2D eigenvalue weighted by Gasteiger charge is -2.21. The van der Waals surface area contributed by atoms with E-state index in [0.717, 1.165) is 22.1 Å². The average Bonchev–Trinajstić information content (AvgIpc) is 3.72. The van der Waals surface area contributed by atoms with Crippen LogP contribution in [0, 0.1) is 0 Å². The fourth-order valence-electron chi connectivity index (χ4n) is 9.89. The Hall–Kier alpha value is -6.96. The van der Waals surface area contributed by atoms with Gasteiger partial charge < -0.3 is 4.42 Å². The Balaban J connectivity index is 1.03. The van der Waals surface area contributed by atoms with Crippen molar-refractivity contribution in [3.8, 4) is 44.5 Å². The van der Waals surface area contributed by atoms with Crippen molar-refractivity contribution in [3.05, 3.63) is 193 Å². The topological polar surface area (TPSA) is 13.1 Å². The van der Waals surface area contributed by atoms with Crippen molar-refractivity contribution in [3.63, 3.8) is 0 Å². The molecule has 56 heavy (non-hydrogen) atoms. The first-order valence-electron chi connectivity index (χ1n) is 19.6. The number of hydrogen-bond donors (Lipinski definition) is 0. The summed E-state index contributed by atoms with van der Waals surface area (Å²) in [5, 5.41) is 12.3. The molecule has 0 saturated heterocycles. The molecule has 262 valence electrons. The molecule has 0 aliphatic heterocycles. The highest BCUT2D eigenvalue weighted by molar-refractivity contribution is 6.22. The molecule has 0 amide bonds. The summed E-state index contributed by atoms with van der Waals surface area (Å²) in [7, 11) is 0. The molecule has 1 heteroatoms. The highest BCUT2D eigenvalue weighted by Gasteiger charge is 2.37. The Kier molecular flexibility index (Phi) is 6.46. The minimum Gasteiger partial charge on any atom is -0.456 e. The van der Waals surface area contributed by atoms with E-state index < -0.39 is 0 Å². The largest absolute Gasteiger partial charge is 0.456 e. The normalized spacial score (nSPS) is 13.3. The maximum atomic E-state index is 6.81. The van der Waals surface area contributed by atoms with Gasteiger partial charge in [0.15, 0.2) is 0 Å². The molecule has 0 fully saturated rings. The zero-order valence-corrected chi connectivity index (χ0v) is 31.2. The van der Waals surface area contributed by atoms with Crippen LogP contribution in [-0.4, -0.2) is 0 Å². The van der Waals surface area contributed by atoms with Gasteiger partial charge in [0.2, 0.25) is 0 Å². The molecular weight excluding hydrogens is 677 g/mol. The van der Waals surface area contributed by atoms with Gasteiger partial charge in [0.25, 0.3) is 0 Å². The maximum Gasteiger partial charge on any atom is 0.136 e. The van der Waals surface area contributed by atoms with Crippen LogP contribution < -0.4 is 0 Å². The van der Waals surface area contributed by atoms with Gasteiger partial charge in [-0.15, -0.1) is 0 Å². The van der Waals surface area contributed by atoms with Crippen LogP contribution in [0.5, 0.6) is 0 Å². The number of benzene rings is 10. The lowest BCUT2D eigenvalue weighted by atomic mass is 9.82. The lowest BCUT2D eigenvalue weighted by molar-refractivity contribution is 0.647. The number of fused-ring (bicyclic) bond motifs is 11. The second kappa shape index (κ2) is 11.5. The molecule has 0 N–H and O–H groups in total. The van der Waals surface area contributed by atoms with E-state index in [2.05, 4.69) is 196 Å². The smallest absolute Gasteiger partial charge is 0.136 e. The van der Waals surface area contributed by atoms with Crippen molar-refractivity contribution in [2.75, 3.05) is 0 Å². The van der Waals surface area contributed by atoms with E-state index in [9.17, 15) is 0 Å². The van der Waals surface area contributed by atoms with E-state index in [4.69, 9.17) is 4.42 Å². The van der Waals surface area contributed by atoms with Crippen molar-refractivity contribution < 1.29 is 4.42 Å². The summed E-state index contributed by atoms with van der Waals surface area (Å²) in [6, 6.07) is 67.1. The van der Waals surface area contributed by atoms with Crippen molar-refractivity contribution >= 4 is 65.0 Å². The van der Waals surface area contributed by atoms with E-state index in [-0.39, 0.29) is 5.41 Å². The minimum absolute atomic E-state index is 0.122. The fraction of sp³-hybridized carbons (Fsp3) is 0.0545. The van der Waals surface area contributed by atoms with Crippen LogP contribution in [0.4, 0.5) is 0 Å². The summed E-state index contributed by atoms with van der Waals surface area (Å²) in [5.41, 5.74) is 14.5. The molecule has 1 aliphatic rings. The van der Waals surface area contributed by atoms with Crippen LogP contribution in [0.15, 0.2) is 186 Å². The van der Waals surface area contributed by atoms with Gasteiger partial charge in [0.05, 0.1) is 0 Å². The Labute approximate surface area is 325 Å². The molecule has 0 unspecified atom stereocenters. The molecule has 1 aromatic heterocycles. The van der Waals surface area contributed by atoms with Crippen molar-refractivity contribution in [2.45, 2.75) is 19.3 Å². The standard InChI is InChI=1S/C55H36O/c1-55(2)48-27-25-34-14-6-7-15-40(34)54(48)47-31-46-41-26-24-39(30-50(41)56-51(46)32-49(47)55)53-44-18-10-8-16-42(44)52(43-17-9-11-19-45(43)53)38-23-22-36-28-35(20-21-37(36)29-38)33-12-4-3-5-13-33/h3-32H,1-2H3. The van der Waals surface area contributed by atoms with Gasteiger partial charge in [-0.2, -0.15) is 0 Å². The molecule has 10 aromatic carbocycles. The second-order valence-electron chi connectivity index (χ2n) is 16.0. The third kappa shape index (κ3) is 4.43. The van der Waals surface area contributed by atoms with Crippen LogP contribution in [0.25, 0.3) is 110 Å². The zero-order chi connectivity index (χ0) is 37.1. The maximum absolute atomic E-state index is 6.81. The molecule has 12 rings (SSSR count). The summed E-state index contributed by atoms with van der Waals surface area (Å²) >= 11 is 0. The zero-order valence-electron chi connectivity index (χ0n) is 31.2. The highest BCUT2D eigenvalue weighted by Crippen LogP contribution is 2.53. The molecule has 1 nitrogen and oxygen atoms in total.